The van der Waals surface area contributed by atoms with Gasteiger partial charge in [0.15, 0.2) is 5.65 Å². The van der Waals surface area contributed by atoms with E-state index in [4.69, 9.17) is 4.74 Å². The van der Waals surface area contributed by atoms with Crippen LogP contribution in [0.25, 0.3) is 16.9 Å². The number of benzene rings is 2. The summed E-state index contributed by atoms with van der Waals surface area (Å²) < 4.78 is 6.68. The standard InChI is InChI=1S/C20H18N6O2/c1-21-13-3-7-15(8-4-13)26-18(27)12-22-17-11-23-20(25-19(17)26)24-14-5-9-16(28-2)10-6-14/h3-12,21H,1-2H3,(H,23,24,25). The number of methoxy groups -OCH3 is 1. The number of ether oxygens (including phenoxy) is 1. The van der Waals surface area contributed by atoms with Crippen LogP contribution in [0.1, 0.15) is 0 Å². The third-order valence-electron chi connectivity index (χ3n) is 4.26. The van der Waals surface area contributed by atoms with Crippen molar-refractivity contribution in [2.24, 2.45) is 0 Å². The topological polar surface area (TPSA) is 94.0 Å². The first-order valence-corrected chi connectivity index (χ1v) is 8.62. The first-order valence-electron chi connectivity index (χ1n) is 8.62. The van der Waals surface area contributed by atoms with Crippen LogP contribution in [0.3, 0.4) is 0 Å². The van der Waals surface area contributed by atoms with Crippen molar-refractivity contribution in [2.75, 3.05) is 24.8 Å². The summed E-state index contributed by atoms with van der Waals surface area (Å²) in [5.74, 6) is 1.12. The molecule has 0 saturated carbocycles. The van der Waals surface area contributed by atoms with Crippen LogP contribution >= 0.6 is 0 Å². The van der Waals surface area contributed by atoms with E-state index in [1.807, 2.05) is 55.6 Å². The number of nitrogens with zero attached hydrogens (tertiary/aromatic N) is 4. The first kappa shape index (κ1) is 17.5. The average molecular weight is 374 g/mol. The molecule has 2 aromatic heterocycles. The zero-order chi connectivity index (χ0) is 19.5. The van der Waals surface area contributed by atoms with Gasteiger partial charge in [0.1, 0.15) is 11.3 Å². The molecule has 28 heavy (non-hydrogen) atoms. The van der Waals surface area contributed by atoms with Crippen LogP contribution in [0.15, 0.2) is 65.7 Å². The molecular formula is C20H18N6O2. The highest BCUT2D eigenvalue weighted by atomic mass is 16.5. The minimum atomic E-state index is -0.265. The van der Waals surface area contributed by atoms with Crippen molar-refractivity contribution in [3.05, 3.63) is 71.3 Å². The molecule has 0 aliphatic rings. The van der Waals surface area contributed by atoms with Crippen molar-refractivity contribution in [3.8, 4) is 11.4 Å². The molecule has 0 radical (unpaired) electrons. The molecule has 0 atom stereocenters. The number of rotatable bonds is 5. The zero-order valence-electron chi connectivity index (χ0n) is 15.4. The molecular weight excluding hydrogens is 356 g/mol. The molecule has 0 bridgehead atoms. The van der Waals surface area contributed by atoms with Gasteiger partial charge in [-0.15, -0.1) is 0 Å². The maximum absolute atomic E-state index is 12.5. The summed E-state index contributed by atoms with van der Waals surface area (Å²) in [6, 6.07) is 14.9. The van der Waals surface area contributed by atoms with Gasteiger partial charge in [-0.1, -0.05) is 0 Å². The highest BCUT2D eigenvalue weighted by Gasteiger charge is 2.10. The van der Waals surface area contributed by atoms with Crippen LogP contribution < -0.4 is 20.9 Å². The van der Waals surface area contributed by atoms with Gasteiger partial charge in [0.2, 0.25) is 5.95 Å². The van der Waals surface area contributed by atoms with E-state index in [9.17, 15) is 4.79 Å². The van der Waals surface area contributed by atoms with Gasteiger partial charge in [0, 0.05) is 18.4 Å². The third kappa shape index (κ3) is 3.35. The van der Waals surface area contributed by atoms with Gasteiger partial charge in [-0.2, -0.15) is 4.98 Å². The normalized spacial score (nSPS) is 10.6. The van der Waals surface area contributed by atoms with Gasteiger partial charge in [-0.05, 0) is 48.5 Å². The van der Waals surface area contributed by atoms with Crippen LogP contribution in [0, 0.1) is 0 Å². The lowest BCUT2D eigenvalue weighted by molar-refractivity contribution is 0.415. The predicted molar refractivity (Wildman–Crippen MR) is 109 cm³/mol. The summed E-state index contributed by atoms with van der Waals surface area (Å²) in [4.78, 5) is 25.5. The van der Waals surface area contributed by atoms with E-state index in [0.717, 1.165) is 17.1 Å². The average Bonchev–Trinajstić information content (AvgIpc) is 2.74. The SMILES string of the molecule is CNc1ccc(-n2c(=O)cnc3cnc(Nc4ccc(OC)cc4)nc32)cc1. The third-order valence-corrected chi connectivity index (χ3v) is 4.26. The van der Waals surface area contributed by atoms with E-state index in [1.54, 1.807) is 13.3 Å². The molecule has 0 aliphatic carbocycles. The maximum atomic E-state index is 12.5. The van der Waals surface area contributed by atoms with Gasteiger partial charge in [0.05, 0.1) is 25.2 Å². The van der Waals surface area contributed by atoms with Crippen molar-refractivity contribution in [3.63, 3.8) is 0 Å². The van der Waals surface area contributed by atoms with Crippen LogP contribution in [-0.2, 0) is 0 Å². The van der Waals surface area contributed by atoms with Crippen molar-refractivity contribution in [1.29, 1.82) is 0 Å². The predicted octanol–water partition coefficient (Wildman–Crippen LogP) is 2.97. The van der Waals surface area contributed by atoms with Crippen LogP contribution in [-0.4, -0.2) is 33.7 Å². The van der Waals surface area contributed by atoms with E-state index < -0.39 is 0 Å². The molecule has 0 fully saturated rings. The highest BCUT2D eigenvalue weighted by molar-refractivity contribution is 5.73. The number of nitrogens with one attached hydrogen (secondary N) is 2. The quantitative estimate of drug-likeness (QED) is 0.555. The van der Waals surface area contributed by atoms with Crippen molar-refractivity contribution in [2.45, 2.75) is 0 Å². The lowest BCUT2D eigenvalue weighted by atomic mass is 10.2. The molecule has 0 saturated heterocycles. The zero-order valence-corrected chi connectivity index (χ0v) is 15.4. The molecule has 0 spiro atoms. The monoisotopic (exact) mass is 374 g/mol. The lowest BCUT2D eigenvalue weighted by Crippen LogP contribution is -2.20. The molecule has 0 aliphatic heterocycles. The number of fused-ring (bicyclic) bond motifs is 1. The second-order valence-corrected chi connectivity index (χ2v) is 5.98. The second-order valence-electron chi connectivity index (χ2n) is 5.98. The number of anilines is 3. The van der Waals surface area contributed by atoms with Crippen molar-refractivity contribution >= 4 is 28.5 Å². The van der Waals surface area contributed by atoms with E-state index >= 15 is 0 Å². The molecule has 2 aromatic carbocycles. The van der Waals surface area contributed by atoms with Crippen molar-refractivity contribution < 1.29 is 4.74 Å². The Kier molecular flexibility index (Phi) is 4.59. The fourth-order valence-electron chi connectivity index (χ4n) is 2.80. The van der Waals surface area contributed by atoms with E-state index in [-0.39, 0.29) is 5.56 Å². The molecule has 0 unspecified atom stereocenters. The largest absolute Gasteiger partial charge is 0.497 e. The molecule has 0 amide bonds. The first-order chi connectivity index (χ1) is 13.7. The summed E-state index contributed by atoms with van der Waals surface area (Å²) >= 11 is 0. The van der Waals surface area contributed by atoms with E-state index in [2.05, 4.69) is 25.6 Å². The summed E-state index contributed by atoms with van der Waals surface area (Å²) in [7, 11) is 3.46. The molecule has 8 heteroatoms. The van der Waals surface area contributed by atoms with Gasteiger partial charge in [-0.25, -0.2) is 9.97 Å². The van der Waals surface area contributed by atoms with Gasteiger partial charge >= 0.3 is 0 Å². The number of aromatic nitrogens is 4. The fraction of sp³-hybridized carbons (Fsp3) is 0.100. The highest BCUT2D eigenvalue weighted by Crippen LogP contribution is 2.20. The summed E-state index contributed by atoms with van der Waals surface area (Å²) in [6.07, 6.45) is 2.86. The Bertz CT molecular complexity index is 1170. The Morgan fingerprint density at radius 2 is 1.64 bits per heavy atom. The maximum Gasteiger partial charge on any atom is 0.275 e. The minimum absolute atomic E-state index is 0.265. The summed E-state index contributed by atoms with van der Waals surface area (Å²) in [6.45, 7) is 0. The Hall–Kier alpha value is -3.94. The Labute approximate surface area is 160 Å². The Morgan fingerprint density at radius 3 is 2.32 bits per heavy atom. The number of hydrogen-bond acceptors (Lipinski definition) is 7. The Balaban J connectivity index is 1.77. The van der Waals surface area contributed by atoms with E-state index in [1.165, 1.54) is 10.8 Å². The second kappa shape index (κ2) is 7.36. The van der Waals surface area contributed by atoms with Gasteiger partial charge in [0.25, 0.3) is 5.56 Å². The van der Waals surface area contributed by atoms with Gasteiger partial charge in [-0.3, -0.25) is 9.36 Å². The molecule has 4 aromatic rings. The van der Waals surface area contributed by atoms with Crippen LogP contribution in [0.4, 0.5) is 17.3 Å². The molecule has 8 nitrogen and oxygen atoms in total. The summed E-state index contributed by atoms with van der Waals surface area (Å²) in [5, 5.41) is 6.19. The Morgan fingerprint density at radius 1 is 0.929 bits per heavy atom. The van der Waals surface area contributed by atoms with Crippen molar-refractivity contribution in [1.82, 2.24) is 19.5 Å². The molecule has 2 N–H and O–H groups in total. The molecule has 4 rings (SSSR count). The van der Waals surface area contributed by atoms with Crippen LogP contribution in [0.2, 0.25) is 0 Å². The number of hydrogen-bond donors (Lipinski definition) is 2. The summed E-state index contributed by atoms with van der Waals surface area (Å²) in [5.41, 5.74) is 3.14. The molecule has 140 valence electrons. The fourth-order valence-corrected chi connectivity index (χ4v) is 2.80. The van der Waals surface area contributed by atoms with Gasteiger partial charge < -0.3 is 15.4 Å². The molecule has 2 heterocycles. The minimum Gasteiger partial charge on any atom is -0.497 e. The van der Waals surface area contributed by atoms with E-state index in [0.29, 0.717) is 22.8 Å². The van der Waals surface area contributed by atoms with Crippen LogP contribution in [0.5, 0.6) is 5.75 Å². The smallest absolute Gasteiger partial charge is 0.275 e. The lowest BCUT2D eigenvalue weighted by Gasteiger charge is -2.11.